The monoisotopic (exact) mass is 1710 g/mol. The van der Waals surface area contributed by atoms with Gasteiger partial charge in [0.15, 0.2) is 11.6 Å². The standard InChI is InChI=1S/C41H61N7O6.C37H53N3O7.C15H27N3O4/c1-27(2)21-31(25-37(50)36(24-29-13-7-4-8-14-29)47-40(53)34(44)23-28-11-5-3-6-12-28)39(52)46-35(15-9-10-18-42)41(54)48-19-16-30(17-20-48)22-32(49)26-33(43)38(45)51;1-25(2)21-29(34(43)39-30(35(44)45)19-13-14-20-38-36(46)47-37(4,5)6)24-32(41)31(23-28-17-11-8-12-18-28)40-33(42)26(3)22-27-15-9-7-10-16-27;1-15(2,3)22-14(21)18-12(13(16)20)9-11(19)8-10-4-6-17-7-5-10/h3-8,11-14,27,30-31,33-36H,9-10,15-26,42-44H2,1-2H3,(H2,45,51)(H,46,52)(H,47,53);7-12,15-18,25-26,29-31H,13-14,19-24H2,1-6H3,(H,38,46)(H,39,43)(H,40,42)(H,44,45);10,12,17H,4-9H2,1-3H3,(H2,16,20)(H,18,21)/t31-,33-,34+,35+,36+;26-,29+,30-,31-;12-/m010/s1. The van der Waals surface area contributed by atoms with Gasteiger partial charge >= 0.3 is 18.2 Å². The molecule has 123 heavy (non-hydrogen) atoms. The highest BCUT2D eigenvalue weighted by molar-refractivity contribution is 5.96. The van der Waals surface area contributed by atoms with Crippen LogP contribution in [0.25, 0.3) is 0 Å². The summed E-state index contributed by atoms with van der Waals surface area (Å²) in [5.74, 6) is -6.57. The number of benzene rings is 4. The van der Waals surface area contributed by atoms with Crippen LogP contribution in [0, 0.1) is 41.4 Å². The van der Waals surface area contributed by atoms with Gasteiger partial charge in [-0.3, -0.25) is 52.7 Å². The molecule has 0 bridgehead atoms. The van der Waals surface area contributed by atoms with E-state index >= 15 is 0 Å². The Bertz CT molecular complexity index is 3960. The summed E-state index contributed by atoms with van der Waals surface area (Å²) in [4.78, 5) is 180. The molecular weight excluding hydrogens is 1570 g/mol. The summed E-state index contributed by atoms with van der Waals surface area (Å²) in [5, 5.41) is 29.5. The molecule has 0 radical (unpaired) electrons. The largest absolute Gasteiger partial charge is 0.480 e. The molecule has 6 rings (SSSR count). The molecule has 30 nitrogen and oxygen atoms in total. The molecule has 30 heteroatoms. The maximum absolute atomic E-state index is 14.1. The maximum Gasteiger partial charge on any atom is 0.408 e. The molecule has 0 aromatic heterocycles. The Kier molecular flexibility index (Phi) is 47.0. The molecule has 2 aliphatic rings. The van der Waals surface area contributed by atoms with Crippen molar-refractivity contribution in [1.82, 2.24) is 42.1 Å². The average molecular weight is 1710 g/mol. The molecule has 0 spiro atoms. The zero-order valence-corrected chi connectivity index (χ0v) is 74.2. The molecule has 0 saturated carbocycles. The molecule has 0 aliphatic carbocycles. The number of likely N-dealkylation sites (tertiary alicyclic amines) is 1. The lowest BCUT2D eigenvalue weighted by molar-refractivity contribution is -0.143. The van der Waals surface area contributed by atoms with Crippen molar-refractivity contribution in [2.24, 2.45) is 70.1 Å². The van der Waals surface area contributed by atoms with Crippen LogP contribution in [0.4, 0.5) is 9.59 Å². The van der Waals surface area contributed by atoms with Crippen LogP contribution in [0.3, 0.4) is 0 Å². The number of carbonyl (C=O) groups is 14. The number of aliphatic carboxylic acids is 1. The Hall–Kier alpha value is -10.3. The van der Waals surface area contributed by atoms with E-state index in [0.29, 0.717) is 109 Å². The Morgan fingerprint density at radius 1 is 0.455 bits per heavy atom. The molecule has 4 aromatic carbocycles. The SMILES string of the molecule is CC(C)(C)OC(=O)N[C@@H](CC(=O)CC1CCNCC1)C(N)=O.CC(C)C[C@@H](CC(=O)[C@@H](Cc1ccccc1)NC(=O)[C@H](C)Cc1ccccc1)C(=O)N[C@H](CCCCNC(=O)OC(C)(C)C)C(=O)O.CC(C)C[C@@H](CC(=O)[C@@H](Cc1ccccc1)NC(=O)[C@H](N)Cc1ccccc1)C(=O)N[C@H](CCCCN)C(=O)N1CCC(CC(=O)C[C@H](N)C(N)=O)CC1. The lowest BCUT2D eigenvalue weighted by Crippen LogP contribution is -2.53. The predicted octanol–water partition coefficient (Wildman–Crippen LogP) is 8.11. The van der Waals surface area contributed by atoms with E-state index < -0.39 is 107 Å². The van der Waals surface area contributed by atoms with E-state index in [-0.39, 0.29) is 116 Å². The Labute approximate surface area is 726 Å². The average Bonchev–Trinajstić information content (AvgIpc) is 0.842. The first-order valence-corrected chi connectivity index (χ1v) is 43.5. The van der Waals surface area contributed by atoms with Gasteiger partial charge in [0.25, 0.3) is 0 Å². The highest BCUT2D eigenvalue weighted by atomic mass is 16.6. The van der Waals surface area contributed by atoms with Crippen molar-refractivity contribution in [1.29, 1.82) is 0 Å². The van der Waals surface area contributed by atoms with E-state index in [1.54, 1.807) is 46.4 Å². The number of alkyl carbamates (subject to hydrolysis) is 2. The summed E-state index contributed by atoms with van der Waals surface area (Å²) in [5.41, 5.74) is 30.5. The van der Waals surface area contributed by atoms with Gasteiger partial charge in [-0.2, -0.15) is 0 Å². The van der Waals surface area contributed by atoms with Crippen LogP contribution < -0.4 is 65.9 Å². The van der Waals surface area contributed by atoms with Crippen molar-refractivity contribution in [3.8, 4) is 0 Å². The number of piperidine rings is 2. The van der Waals surface area contributed by atoms with Crippen LogP contribution in [0.15, 0.2) is 121 Å². The lowest BCUT2D eigenvalue weighted by atomic mass is 9.87. The number of hydrogen-bond acceptors (Lipinski definition) is 20. The summed E-state index contributed by atoms with van der Waals surface area (Å²) in [6.45, 7) is 23.5. The number of carboxylic acids is 1. The van der Waals surface area contributed by atoms with E-state index in [9.17, 15) is 72.2 Å². The number of carbonyl (C=O) groups excluding carboxylic acids is 13. The third kappa shape index (κ3) is 44.0. The Balaban J connectivity index is 0.000000419. The number of nitrogens with two attached hydrogens (primary N) is 5. The number of primary amides is 2. The van der Waals surface area contributed by atoms with Gasteiger partial charge in [-0.25, -0.2) is 14.4 Å². The first kappa shape index (κ1) is 105. The number of ketones is 4. The summed E-state index contributed by atoms with van der Waals surface area (Å²) in [6, 6.07) is 31.2. The van der Waals surface area contributed by atoms with E-state index in [1.165, 1.54) is 0 Å². The number of rotatable bonds is 48. The number of amides is 9. The second-order valence-electron chi connectivity index (χ2n) is 35.5. The molecule has 18 N–H and O–H groups in total. The van der Waals surface area contributed by atoms with Crippen molar-refractivity contribution < 1.29 is 81.7 Å². The fourth-order valence-corrected chi connectivity index (χ4v) is 14.6. The number of ether oxygens (including phenoxy) is 2. The van der Waals surface area contributed by atoms with E-state index in [1.807, 2.05) is 156 Å². The first-order valence-electron chi connectivity index (χ1n) is 43.5. The van der Waals surface area contributed by atoms with Crippen molar-refractivity contribution in [2.45, 2.75) is 271 Å². The molecule has 10 atom stereocenters. The smallest absolute Gasteiger partial charge is 0.408 e. The number of unbranched alkanes of at least 4 members (excludes halogenated alkanes) is 2. The number of Topliss-reactive ketones (excluding diaryl/α,β-unsaturated/α-hetero) is 4. The van der Waals surface area contributed by atoms with Crippen LogP contribution in [0.1, 0.15) is 214 Å². The summed E-state index contributed by atoms with van der Waals surface area (Å²) >= 11 is 0. The van der Waals surface area contributed by atoms with Crippen LogP contribution >= 0.6 is 0 Å². The van der Waals surface area contributed by atoms with Gasteiger partial charge in [0.2, 0.25) is 41.4 Å². The van der Waals surface area contributed by atoms with Crippen LogP contribution in [0.5, 0.6) is 0 Å². The number of carboxylic acid groups (broad SMARTS) is 1. The van der Waals surface area contributed by atoms with Gasteiger partial charge in [-0.15, -0.1) is 0 Å². The molecular formula is C93H141N13O17. The minimum absolute atomic E-state index is 0.0468. The number of nitrogens with zero attached hydrogens (tertiary/aromatic N) is 1. The summed E-state index contributed by atoms with van der Waals surface area (Å²) in [7, 11) is 0. The normalized spacial score (nSPS) is 15.6. The minimum atomic E-state index is -1.17. The topological polar surface area (TPSA) is 495 Å². The lowest BCUT2D eigenvalue weighted by Gasteiger charge is -2.35. The highest BCUT2D eigenvalue weighted by Gasteiger charge is 2.37. The second kappa shape index (κ2) is 55.0. The van der Waals surface area contributed by atoms with Gasteiger partial charge in [0.05, 0.1) is 24.2 Å². The quantitative estimate of drug-likeness (QED) is 0.0186. The number of hydrogen-bond donors (Lipinski definition) is 13. The van der Waals surface area contributed by atoms with E-state index in [2.05, 4.69) is 37.2 Å². The zero-order valence-electron chi connectivity index (χ0n) is 74.2. The fourth-order valence-electron chi connectivity index (χ4n) is 14.6. The predicted molar refractivity (Wildman–Crippen MR) is 472 cm³/mol. The van der Waals surface area contributed by atoms with E-state index in [4.69, 9.17) is 38.1 Å². The van der Waals surface area contributed by atoms with Crippen molar-refractivity contribution in [3.05, 3.63) is 144 Å². The summed E-state index contributed by atoms with van der Waals surface area (Å²) in [6.07, 6.45) is 6.92. The number of nitrogens with one attached hydrogen (secondary N) is 7. The Morgan fingerprint density at radius 2 is 0.862 bits per heavy atom. The van der Waals surface area contributed by atoms with Gasteiger partial charge in [0, 0.05) is 75.9 Å². The molecule has 9 amide bonds. The van der Waals surface area contributed by atoms with Crippen molar-refractivity contribution >= 4 is 82.6 Å². The van der Waals surface area contributed by atoms with Crippen LogP contribution in [-0.2, 0) is 92.7 Å². The molecule has 680 valence electrons. The van der Waals surface area contributed by atoms with Crippen molar-refractivity contribution in [3.63, 3.8) is 0 Å². The third-order valence-electron chi connectivity index (χ3n) is 21.1. The van der Waals surface area contributed by atoms with Crippen molar-refractivity contribution in [2.75, 3.05) is 39.3 Å². The fraction of sp³-hybridized carbons (Fsp3) is 0.591. The van der Waals surface area contributed by atoms with Gasteiger partial charge < -0.3 is 85.4 Å². The van der Waals surface area contributed by atoms with Gasteiger partial charge in [0.1, 0.15) is 40.9 Å². The van der Waals surface area contributed by atoms with Gasteiger partial charge in [-0.1, -0.05) is 156 Å². The second-order valence-corrected chi connectivity index (χ2v) is 35.5. The highest BCUT2D eigenvalue weighted by Crippen LogP contribution is 2.27. The van der Waals surface area contributed by atoms with Crippen LogP contribution in [0.2, 0.25) is 0 Å². The molecule has 2 heterocycles. The Morgan fingerprint density at radius 3 is 1.30 bits per heavy atom. The van der Waals surface area contributed by atoms with Crippen LogP contribution in [-0.4, -0.2) is 185 Å². The molecule has 2 saturated heterocycles. The zero-order chi connectivity index (χ0) is 91.4. The minimum Gasteiger partial charge on any atom is -0.480 e. The molecule has 2 fully saturated rings. The third-order valence-corrected chi connectivity index (χ3v) is 21.1. The molecule has 2 aliphatic heterocycles. The molecule has 0 unspecified atom stereocenters. The van der Waals surface area contributed by atoms with E-state index in [0.717, 1.165) is 48.2 Å². The maximum atomic E-state index is 14.1. The molecule has 4 aromatic rings. The van der Waals surface area contributed by atoms with Gasteiger partial charge in [-0.05, 0) is 210 Å². The summed E-state index contributed by atoms with van der Waals surface area (Å²) < 4.78 is 10.3. The first-order chi connectivity index (χ1) is 58.1.